The quantitative estimate of drug-likeness (QED) is 0.238. The molecule has 0 radical (unpaired) electrons. The van der Waals surface area contributed by atoms with E-state index in [0.29, 0.717) is 5.69 Å². The first-order valence-corrected chi connectivity index (χ1v) is 12.0. The van der Waals surface area contributed by atoms with Crippen LogP contribution in [-0.2, 0) is 16.6 Å². The van der Waals surface area contributed by atoms with Gasteiger partial charge in [0.2, 0.25) is 0 Å². The number of nitrogens with zero attached hydrogens (tertiary/aromatic N) is 3. The predicted molar refractivity (Wildman–Crippen MR) is 128 cm³/mol. The number of sulfonamides is 1. The van der Waals surface area contributed by atoms with Gasteiger partial charge in [-0.3, -0.25) is 19.6 Å². The minimum atomic E-state index is -3.94. The van der Waals surface area contributed by atoms with Gasteiger partial charge < -0.3 is 14.5 Å². The van der Waals surface area contributed by atoms with Crippen LogP contribution < -0.4 is 14.8 Å². The Morgan fingerprint density at radius 3 is 2.47 bits per heavy atom. The van der Waals surface area contributed by atoms with Crippen molar-refractivity contribution in [2.75, 3.05) is 10.0 Å². The highest BCUT2D eigenvalue weighted by Crippen LogP contribution is 2.27. The molecule has 0 aliphatic carbocycles. The summed E-state index contributed by atoms with van der Waals surface area (Å²) in [5.74, 6) is -0.280. The van der Waals surface area contributed by atoms with Crippen LogP contribution in [0.3, 0.4) is 0 Å². The largest absolute Gasteiger partial charge is 0.479 e. The Labute approximate surface area is 209 Å². The molecule has 0 bridgehead atoms. The van der Waals surface area contributed by atoms with Gasteiger partial charge in [-0.05, 0) is 54.6 Å². The molecule has 0 unspecified atom stereocenters. The van der Waals surface area contributed by atoms with E-state index in [1.807, 2.05) is 0 Å². The minimum absolute atomic E-state index is 0.00347. The maximum Gasteiger partial charge on any atom is 0.310 e. The Hall–Kier alpha value is -4.49. The van der Waals surface area contributed by atoms with Gasteiger partial charge in [-0.2, -0.15) is 0 Å². The Balaban J connectivity index is 1.37. The van der Waals surface area contributed by atoms with Gasteiger partial charge in [-0.25, -0.2) is 8.42 Å². The van der Waals surface area contributed by atoms with Gasteiger partial charge in [0.1, 0.15) is 12.4 Å². The van der Waals surface area contributed by atoms with Crippen LogP contribution in [0.2, 0.25) is 5.15 Å². The van der Waals surface area contributed by atoms with E-state index in [0.717, 1.165) is 0 Å². The van der Waals surface area contributed by atoms with E-state index < -0.39 is 20.9 Å². The first-order valence-electron chi connectivity index (χ1n) is 10.1. The van der Waals surface area contributed by atoms with Crippen LogP contribution in [0.4, 0.5) is 17.2 Å². The molecule has 4 aromatic rings. The molecule has 0 saturated heterocycles. The van der Waals surface area contributed by atoms with Crippen molar-refractivity contribution in [1.82, 2.24) is 10.2 Å². The highest BCUT2D eigenvalue weighted by molar-refractivity contribution is 7.92. The second-order valence-electron chi connectivity index (χ2n) is 7.10. The third-order valence-corrected chi connectivity index (χ3v) is 6.18. The lowest BCUT2D eigenvalue weighted by molar-refractivity contribution is -0.386. The topological polar surface area (TPSA) is 167 Å². The number of anilines is 2. The summed E-state index contributed by atoms with van der Waals surface area (Å²) >= 11 is 5.64. The van der Waals surface area contributed by atoms with Gasteiger partial charge >= 0.3 is 5.69 Å². The predicted octanol–water partition coefficient (Wildman–Crippen LogP) is 4.26. The number of para-hydroxylation sites is 2. The fraction of sp³-hybridized carbons (Fsp3) is 0.0455. The molecule has 184 valence electrons. The van der Waals surface area contributed by atoms with Crippen molar-refractivity contribution in [3.05, 3.63) is 99.6 Å². The summed E-state index contributed by atoms with van der Waals surface area (Å²) in [4.78, 5) is 23.0. The molecule has 2 aromatic carbocycles. The molecule has 4 rings (SSSR count). The lowest BCUT2D eigenvalue weighted by atomic mass is 10.3. The van der Waals surface area contributed by atoms with Crippen molar-refractivity contribution in [2.24, 2.45) is 0 Å². The molecule has 0 fully saturated rings. The summed E-state index contributed by atoms with van der Waals surface area (Å²) in [5.41, 5.74) is 0.128. The van der Waals surface area contributed by atoms with E-state index in [2.05, 4.69) is 20.2 Å². The second kappa shape index (κ2) is 10.4. The monoisotopic (exact) mass is 529 g/mol. The Morgan fingerprint density at radius 2 is 1.78 bits per heavy atom. The average molecular weight is 530 g/mol. The maximum atomic E-state index is 12.5. The molecule has 2 heterocycles. The number of carbonyl (C=O) groups excluding carboxylic acids is 1. The third kappa shape index (κ3) is 5.95. The summed E-state index contributed by atoms with van der Waals surface area (Å²) < 4.78 is 38.2. The van der Waals surface area contributed by atoms with E-state index in [4.69, 9.17) is 20.8 Å². The number of hydrogen-bond acceptors (Lipinski definition) is 9. The molecule has 14 heteroatoms. The third-order valence-electron chi connectivity index (χ3n) is 4.61. The number of hydrogen-bond donors (Lipinski definition) is 2. The summed E-state index contributed by atoms with van der Waals surface area (Å²) in [6.45, 7) is -0.129. The van der Waals surface area contributed by atoms with Crippen molar-refractivity contribution in [1.29, 1.82) is 0 Å². The molecular formula is C22H16ClN5O7S. The van der Waals surface area contributed by atoms with E-state index >= 15 is 0 Å². The fourth-order valence-electron chi connectivity index (χ4n) is 2.93. The van der Waals surface area contributed by atoms with E-state index in [9.17, 15) is 23.3 Å². The van der Waals surface area contributed by atoms with Crippen LogP contribution in [0.5, 0.6) is 5.75 Å². The van der Waals surface area contributed by atoms with Crippen molar-refractivity contribution < 1.29 is 27.3 Å². The number of nitro groups is 1. The lowest BCUT2D eigenvalue weighted by Crippen LogP contribution is -2.15. The Morgan fingerprint density at radius 1 is 1.03 bits per heavy atom. The maximum absolute atomic E-state index is 12.5. The van der Waals surface area contributed by atoms with Crippen molar-refractivity contribution in [2.45, 2.75) is 11.5 Å². The molecular weight excluding hydrogens is 514 g/mol. The number of halogens is 1. The molecule has 2 aromatic heterocycles. The van der Waals surface area contributed by atoms with Crippen molar-refractivity contribution in [3.8, 4) is 5.75 Å². The van der Waals surface area contributed by atoms with Crippen LogP contribution in [0.1, 0.15) is 16.3 Å². The summed E-state index contributed by atoms with van der Waals surface area (Å²) in [5, 5.41) is 21.0. The van der Waals surface area contributed by atoms with Gasteiger partial charge in [0, 0.05) is 11.8 Å². The van der Waals surface area contributed by atoms with Gasteiger partial charge in [-0.1, -0.05) is 23.7 Å². The van der Waals surface area contributed by atoms with Gasteiger partial charge in [-0.15, -0.1) is 10.2 Å². The molecule has 0 spiro atoms. The standard InChI is InChI=1S/C22H16ClN5O7S/c23-20-11-12-21(26-25-20)27-36(32,33)16-8-5-14(6-9-16)24-22(29)19-10-7-15(35-19)13-34-18-4-2-1-3-17(18)28(30)31/h1-12H,13H2,(H,24,29)(H,26,27). The van der Waals surface area contributed by atoms with Crippen molar-refractivity contribution in [3.63, 3.8) is 0 Å². The molecule has 0 atom stereocenters. The highest BCUT2D eigenvalue weighted by atomic mass is 35.5. The van der Waals surface area contributed by atoms with Crippen LogP contribution >= 0.6 is 11.6 Å². The molecule has 1 amide bonds. The first-order chi connectivity index (χ1) is 17.2. The summed E-state index contributed by atoms with van der Waals surface area (Å²) in [6, 6.07) is 17.0. The van der Waals surface area contributed by atoms with Gasteiger partial charge in [0.05, 0.1) is 9.82 Å². The average Bonchev–Trinajstić information content (AvgIpc) is 3.34. The number of nitro benzene ring substituents is 1. The van der Waals surface area contributed by atoms with Crippen LogP contribution in [0.15, 0.2) is 82.1 Å². The number of ether oxygens (including phenoxy) is 1. The fourth-order valence-corrected chi connectivity index (χ4v) is 4.03. The first kappa shape index (κ1) is 24.6. The van der Waals surface area contributed by atoms with E-state index in [-0.39, 0.29) is 45.4 Å². The van der Waals surface area contributed by atoms with E-state index in [1.165, 1.54) is 66.7 Å². The molecule has 36 heavy (non-hydrogen) atoms. The molecule has 2 N–H and O–H groups in total. The highest BCUT2D eigenvalue weighted by Gasteiger charge is 2.18. The normalized spacial score (nSPS) is 11.0. The molecule has 0 saturated carbocycles. The Bertz CT molecular complexity index is 1510. The second-order valence-corrected chi connectivity index (χ2v) is 9.17. The van der Waals surface area contributed by atoms with Crippen LogP contribution in [0.25, 0.3) is 0 Å². The van der Waals surface area contributed by atoms with Crippen LogP contribution in [-0.4, -0.2) is 29.4 Å². The van der Waals surface area contributed by atoms with Gasteiger partial charge in [0.15, 0.2) is 22.5 Å². The van der Waals surface area contributed by atoms with E-state index in [1.54, 1.807) is 6.07 Å². The Kier molecular flexibility index (Phi) is 7.12. The van der Waals surface area contributed by atoms with Gasteiger partial charge in [0.25, 0.3) is 15.9 Å². The van der Waals surface area contributed by atoms with Crippen molar-refractivity contribution >= 4 is 44.7 Å². The number of carbonyl (C=O) groups is 1. The zero-order chi connectivity index (χ0) is 25.7. The molecule has 12 nitrogen and oxygen atoms in total. The lowest BCUT2D eigenvalue weighted by Gasteiger charge is -2.08. The smallest absolute Gasteiger partial charge is 0.310 e. The zero-order valence-electron chi connectivity index (χ0n) is 18.1. The number of nitrogens with one attached hydrogen (secondary N) is 2. The number of furan rings is 1. The van der Waals surface area contributed by atoms with Crippen LogP contribution in [0, 0.1) is 10.1 Å². The molecule has 0 aliphatic heterocycles. The molecule has 0 aliphatic rings. The number of rotatable bonds is 9. The number of amides is 1. The number of aromatic nitrogens is 2. The SMILES string of the molecule is O=C(Nc1ccc(S(=O)(=O)Nc2ccc(Cl)nn2)cc1)c1ccc(COc2ccccc2[N+](=O)[O-])o1. The number of benzene rings is 2. The summed E-state index contributed by atoms with van der Waals surface area (Å²) in [6.07, 6.45) is 0. The summed E-state index contributed by atoms with van der Waals surface area (Å²) in [7, 11) is -3.94. The zero-order valence-corrected chi connectivity index (χ0v) is 19.7. The minimum Gasteiger partial charge on any atom is -0.479 e.